The summed E-state index contributed by atoms with van der Waals surface area (Å²) < 4.78 is 0. The van der Waals surface area contributed by atoms with E-state index in [4.69, 9.17) is 5.21 Å². The molecule has 2 amide bonds. The third kappa shape index (κ3) is 6.58. The van der Waals surface area contributed by atoms with Crippen LogP contribution in [-0.2, 0) is 4.79 Å². The minimum Gasteiger partial charge on any atom is -0.378 e. The van der Waals surface area contributed by atoms with E-state index < -0.39 is 0 Å². The summed E-state index contributed by atoms with van der Waals surface area (Å²) in [7, 11) is 3.88. The molecule has 0 radical (unpaired) electrons. The first-order valence-corrected chi connectivity index (χ1v) is 7.53. The average Bonchev–Trinajstić information content (AvgIpc) is 2.53. The van der Waals surface area contributed by atoms with E-state index in [0.717, 1.165) is 31.4 Å². The fourth-order valence-corrected chi connectivity index (χ4v) is 2.05. The summed E-state index contributed by atoms with van der Waals surface area (Å²) in [6.07, 6.45) is 3.79. The summed E-state index contributed by atoms with van der Waals surface area (Å²) in [5.74, 6) is -0.419. The maximum Gasteiger partial charge on any atom is 0.251 e. The zero-order chi connectivity index (χ0) is 16.4. The van der Waals surface area contributed by atoms with Crippen LogP contribution in [0.15, 0.2) is 24.3 Å². The third-order valence-corrected chi connectivity index (χ3v) is 3.37. The van der Waals surface area contributed by atoms with Crippen molar-refractivity contribution in [3.63, 3.8) is 0 Å². The lowest BCUT2D eigenvalue weighted by Gasteiger charge is -2.13. The minimum atomic E-state index is -0.353. The summed E-state index contributed by atoms with van der Waals surface area (Å²) in [5.41, 5.74) is 3.27. The molecule has 0 heterocycles. The summed E-state index contributed by atoms with van der Waals surface area (Å²) in [5, 5.41) is 11.2. The van der Waals surface area contributed by atoms with Crippen molar-refractivity contribution >= 4 is 17.5 Å². The lowest BCUT2D eigenvalue weighted by molar-refractivity contribution is -0.129. The van der Waals surface area contributed by atoms with Gasteiger partial charge in [0.1, 0.15) is 0 Å². The second-order valence-corrected chi connectivity index (χ2v) is 5.40. The van der Waals surface area contributed by atoms with Crippen molar-refractivity contribution in [3.05, 3.63) is 29.8 Å². The van der Waals surface area contributed by atoms with Gasteiger partial charge in [0, 0.05) is 38.3 Å². The van der Waals surface area contributed by atoms with Gasteiger partial charge in [-0.3, -0.25) is 14.8 Å². The van der Waals surface area contributed by atoms with Crippen molar-refractivity contribution in [2.24, 2.45) is 0 Å². The van der Waals surface area contributed by atoms with Gasteiger partial charge in [0.05, 0.1) is 0 Å². The number of amides is 2. The number of nitrogens with one attached hydrogen (secondary N) is 2. The topological polar surface area (TPSA) is 81.7 Å². The van der Waals surface area contributed by atoms with Crippen LogP contribution in [0.4, 0.5) is 5.69 Å². The van der Waals surface area contributed by atoms with Crippen molar-refractivity contribution in [2.75, 3.05) is 25.5 Å². The van der Waals surface area contributed by atoms with Crippen LogP contribution in [0.5, 0.6) is 0 Å². The van der Waals surface area contributed by atoms with Crippen molar-refractivity contribution in [1.82, 2.24) is 10.8 Å². The number of hydrogen-bond acceptors (Lipinski definition) is 4. The molecule has 6 heteroatoms. The molecule has 0 spiro atoms. The largest absolute Gasteiger partial charge is 0.378 e. The Hall–Kier alpha value is -2.08. The van der Waals surface area contributed by atoms with Gasteiger partial charge in [0.25, 0.3) is 5.91 Å². The Kier molecular flexibility index (Phi) is 7.99. The van der Waals surface area contributed by atoms with Crippen LogP contribution in [0.1, 0.15) is 42.5 Å². The van der Waals surface area contributed by atoms with E-state index in [9.17, 15) is 9.59 Å². The molecule has 1 rings (SSSR count). The second-order valence-electron chi connectivity index (χ2n) is 5.40. The molecule has 122 valence electrons. The van der Waals surface area contributed by atoms with Crippen LogP contribution < -0.4 is 15.7 Å². The van der Waals surface area contributed by atoms with E-state index in [1.165, 1.54) is 0 Å². The summed E-state index contributed by atoms with van der Waals surface area (Å²) in [4.78, 5) is 24.8. The van der Waals surface area contributed by atoms with E-state index in [0.29, 0.717) is 18.5 Å². The number of hydrogen-bond donors (Lipinski definition) is 3. The maximum absolute atomic E-state index is 12.0. The molecule has 0 aliphatic heterocycles. The molecule has 1 aromatic rings. The first-order chi connectivity index (χ1) is 10.5. The highest BCUT2D eigenvalue weighted by Crippen LogP contribution is 2.13. The quantitative estimate of drug-likeness (QED) is 0.370. The van der Waals surface area contributed by atoms with Crippen molar-refractivity contribution < 1.29 is 14.8 Å². The molecule has 0 unspecified atom stereocenters. The molecular weight excluding hydrogens is 282 g/mol. The number of anilines is 1. The normalized spacial score (nSPS) is 10.1. The molecule has 3 N–H and O–H groups in total. The molecule has 0 aromatic heterocycles. The van der Waals surface area contributed by atoms with Gasteiger partial charge in [-0.25, -0.2) is 5.48 Å². The van der Waals surface area contributed by atoms with Crippen LogP contribution in [0.2, 0.25) is 0 Å². The minimum absolute atomic E-state index is 0.0663. The fraction of sp³-hybridized carbons (Fsp3) is 0.500. The molecule has 0 aliphatic carbocycles. The Balaban J connectivity index is 2.21. The zero-order valence-electron chi connectivity index (χ0n) is 13.3. The molecule has 22 heavy (non-hydrogen) atoms. The monoisotopic (exact) mass is 307 g/mol. The van der Waals surface area contributed by atoms with Crippen LogP contribution in [0, 0.1) is 0 Å². The number of benzene rings is 1. The highest BCUT2D eigenvalue weighted by atomic mass is 16.5. The lowest BCUT2D eigenvalue weighted by Crippen LogP contribution is -2.24. The van der Waals surface area contributed by atoms with E-state index in [1.54, 1.807) is 11.5 Å². The molecule has 0 saturated heterocycles. The SMILES string of the molecule is CN(C)c1cccc(C(=O)NCCCCCCC(=O)NO)c1. The molecule has 6 nitrogen and oxygen atoms in total. The summed E-state index contributed by atoms with van der Waals surface area (Å²) >= 11 is 0. The fourth-order valence-electron chi connectivity index (χ4n) is 2.05. The van der Waals surface area contributed by atoms with E-state index in [2.05, 4.69) is 5.32 Å². The van der Waals surface area contributed by atoms with Gasteiger partial charge in [-0.15, -0.1) is 0 Å². The highest BCUT2D eigenvalue weighted by molar-refractivity contribution is 5.95. The van der Waals surface area contributed by atoms with Gasteiger partial charge in [-0.1, -0.05) is 18.9 Å². The van der Waals surface area contributed by atoms with Crippen molar-refractivity contribution in [2.45, 2.75) is 32.1 Å². The van der Waals surface area contributed by atoms with Gasteiger partial charge < -0.3 is 10.2 Å². The van der Waals surface area contributed by atoms with Crippen molar-refractivity contribution in [3.8, 4) is 0 Å². The van der Waals surface area contributed by atoms with Crippen LogP contribution in [0.3, 0.4) is 0 Å². The zero-order valence-corrected chi connectivity index (χ0v) is 13.3. The molecular formula is C16H25N3O3. The van der Waals surface area contributed by atoms with Gasteiger partial charge >= 0.3 is 0 Å². The Morgan fingerprint density at radius 2 is 1.86 bits per heavy atom. The Morgan fingerprint density at radius 1 is 1.14 bits per heavy atom. The van der Waals surface area contributed by atoms with Gasteiger partial charge in [-0.05, 0) is 31.0 Å². The second kappa shape index (κ2) is 9.78. The standard InChI is InChI=1S/C16H25N3O3/c1-19(2)14-9-7-8-13(12-14)16(21)17-11-6-4-3-5-10-15(20)18-22/h7-9,12,22H,3-6,10-11H2,1-2H3,(H,17,21)(H,18,20). The van der Waals surface area contributed by atoms with Gasteiger partial charge in [-0.2, -0.15) is 0 Å². The molecule has 0 atom stereocenters. The van der Waals surface area contributed by atoms with Gasteiger partial charge in [0.15, 0.2) is 0 Å². The average molecular weight is 307 g/mol. The van der Waals surface area contributed by atoms with Gasteiger partial charge in [0.2, 0.25) is 5.91 Å². The number of carbonyl (C=O) groups excluding carboxylic acids is 2. The number of unbranched alkanes of at least 4 members (excludes halogenated alkanes) is 3. The third-order valence-electron chi connectivity index (χ3n) is 3.37. The Morgan fingerprint density at radius 3 is 2.55 bits per heavy atom. The summed E-state index contributed by atoms with van der Waals surface area (Å²) in [6, 6.07) is 7.49. The number of rotatable bonds is 9. The predicted octanol–water partition coefficient (Wildman–Crippen LogP) is 1.94. The lowest BCUT2D eigenvalue weighted by atomic mass is 10.1. The number of hydroxylamine groups is 1. The predicted molar refractivity (Wildman–Crippen MR) is 86.1 cm³/mol. The van der Waals surface area contributed by atoms with Crippen LogP contribution in [0.25, 0.3) is 0 Å². The van der Waals surface area contributed by atoms with E-state index >= 15 is 0 Å². The van der Waals surface area contributed by atoms with Crippen LogP contribution >= 0.6 is 0 Å². The number of nitrogens with zero attached hydrogens (tertiary/aromatic N) is 1. The van der Waals surface area contributed by atoms with E-state index in [-0.39, 0.29) is 11.8 Å². The van der Waals surface area contributed by atoms with E-state index in [1.807, 2.05) is 37.2 Å². The molecule has 0 aliphatic rings. The molecule has 0 saturated carbocycles. The number of carbonyl (C=O) groups is 2. The molecule has 0 fully saturated rings. The molecule has 1 aromatic carbocycles. The highest BCUT2D eigenvalue weighted by Gasteiger charge is 2.06. The smallest absolute Gasteiger partial charge is 0.251 e. The summed E-state index contributed by atoms with van der Waals surface area (Å²) in [6.45, 7) is 0.622. The molecule has 0 bridgehead atoms. The first-order valence-electron chi connectivity index (χ1n) is 7.53. The van der Waals surface area contributed by atoms with Crippen molar-refractivity contribution in [1.29, 1.82) is 0 Å². The maximum atomic E-state index is 12.0. The Labute approximate surface area is 131 Å². The first kappa shape index (κ1) is 18.0. The van der Waals surface area contributed by atoms with Crippen LogP contribution in [-0.4, -0.2) is 37.7 Å². The Bertz CT molecular complexity index is 489.